The molecule has 0 spiro atoms. The van der Waals surface area contributed by atoms with Crippen LogP contribution in [0.15, 0.2) is 48.5 Å². The number of hydrogen-bond donors (Lipinski definition) is 1. The van der Waals surface area contributed by atoms with Crippen LogP contribution in [0.1, 0.15) is 42.0 Å². The molecule has 1 N–H and O–H groups in total. The van der Waals surface area contributed by atoms with Gasteiger partial charge >= 0.3 is 6.03 Å². The van der Waals surface area contributed by atoms with Gasteiger partial charge in [-0.2, -0.15) is 0 Å². The summed E-state index contributed by atoms with van der Waals surface area (Å²) in [5.41, 5.74) is 3.65. The van der Waals surface area contributed by atoms with Crippen LogP contribution in [0.3, 0.4) is 0 Å². The molecule has 0 aliphatic carbocycles. The first kappa shape index (κ1) is 19.6. The van der Waals surface area contributed by atoms with Crippen molar-refractivity contribution in [3.05, 3.63) is 71.0 Å². The number of benzene rings is 2. The Morgan fingerprint density at radius 3 is 2.87 bits per heavy atom. The second-order valence-electron chi connectivity index (χ2n) is 8.97. The lowest BCUT2D eigenvalue weighted by molar-refractivity contribution is 0.00574. The van der Waals surface area contributed by atoms with E-state index in [0.29, 0.717) is 18.5 Å². The number of carbonyl (C=O) groups excluding carboxylic acids is 1. The molecular formula is C25H30FN3O. The minimum Gasteiger partial charge on any atom is -0.338 e. The van der Waals surface area contributed by atoms with Gasteiger partial charge in [0.25, 0.3) is 0 Å². The second kappa shape index (κ2) is 8.38. The molecule has 0 saturated carbocycles. The topological polar surface area (TPSA) is 35.6 Å². The van der Waals surface area contributed by atoms with E-state index >= 15 is 0 Å². The number of nitrogens with one attached hydrogen (secondary N) is 1. The van der Waals surface area contributed by atoms with Crippen LogP contribution in [0, 0.1) is 11.7 Å². The predicted octanol–water partition coefficient (Wildman–Crippen LogP) is 4.16. The van der Waals surface area contributed by atoms with Gasteiger partial charge in [-0.1, -0.05) is 36.4 Å². The fourth-order valence-corrected chi connectivity index (χ4v) is 5.74. The fraction of sp³-hybridized carbons (Fsp3) is 0.480. The Balaban J connectivity index is 1.27. The van der Waals surface area contributed by atoms with Crippen LogP contribution in [0.25, 0.3) is 0 Å². The highest BCUT2D eigenvalue weighted by Gasteiger charge is 2.43. The van der Waals surface area contributed by atoms with E-state index in [1.807, 2.05) is 24.3 Å². The molecule has 30 heavy (non-hydrogen) atoms. The number of likely N-dealkylation sites (tertiary alicyclic amines) is 1. The molecular weight excluding hydrogens is 377 g/mol. The van der Waals surface area contributed by atoms with Gasteiger partial charge in [-0.25, -0.2) is 9.18 Å². The molecule has 2 aromatic carbocycles. The van der Waals surface area contributed by atoms with Crippen molar-refractivity contribution in [3.63, 3.8) is 0 Å². The highest BCUT2D eigenvalue weighted by Crippen LogP contribution is 2.42. The molecule has 3 heterocycles. The van der Waals surface area contributed by atoms with E-state index in [9.17, 15) is 9.18 Å². The van der Waals surface area contributed by atoms with E-state index in [1.165, 1.54) is 17.5 Å². The number of fused-ring (bicyclic) bond motifs is 4. The number of amides is 2. The Hall–Kier alpha value is -2.40. The molecule has 0 unspecified atom stereocenters. The second-order valence-corrected chi connectivity index (χ2v) is 8.97. The maximum absolute atomic E-state index is 13.7. The number of carbonyl (C=O) groups is 1. The molecule has 2 fully saturated rings. The molecule has 3 atom stereocenters. The number of halogens is 1. The first-order valence-electron chi connectivity index (χ1n) is 11.3. The molecule has 0 aromatic heterocycles. The molecule has 5 rings (SSSR count). The fourth-order valence-electron chi connectivity index (χ4n) is 5.74. The van der Waals surface area contributed by atoms with E-state index in [2.05, 4.69) is 27.2 Å². The molecule has 0 radical (unpaired) electrons. The molecule has 2 amide bonds. The van der Waals surface area contributed by atoms with Crippen LogP contribution in [0.5, 0.6) is 0 Å². The summed E-state index contributed by atoms with van der Waals surface area (Å²) in [7, 11) is 0. The Morgan fingerprint density at radius 2 is 2.00 bits per heavy atom. The van der Waals surface area contributed by atoms with Gasteiger partial charge in [0.1, 0.15) is 5.82 Å². The van der Waals surface area contributed by atoms with Gasteiger partial charge in [-0.05, 0) is 66.8 Å². The third-order valence-corrected chi connectivity index (χ3v) is 7.22. The van der Waals surface area contributed by atoms with E-state index in [1.54, 1.807) is 12.1 Å². The lowest BCUT2D eigenvalue weighted by Crippen LogP contribution is -2.59. The molecule has 2 saturated heterocycles. The van der Waals surface area contributed by atoms with Crippen molar-refractivity contribution < 1.29 is 9.18 Å². The Bertz CT molecular complexity index is 903. The van der Waals surface area contributed by atoms with Gasteiger partial charge in [0.15, 0.2) is 0 Å². The Morgan fingerprint density at radius 1 is 1.13 bits per heavy atom. The standard InChI is InChI=1S/C25H30FN3O/c26-21-8-9-22-19(15-21)11-14-28-17-20-7-4-13-29(23(20)16-24(22)28)25(30)27-12-10-18-5-2-1-3-6-18/h1-3,5-6,8-9,15,20,23-24H,4,7,10-14,16-17H2,(H,27,30)/t20-,23+,24+/m1/s1. The lowest BCUT2D eigenvalue weighted by atomic mass is 9.76. The summed E-state index contributed by atoms with van der Waals surface area (Å²) in [6.45, 7) is 3.53. The summed E-state index contributed by atoms with van der Waals surface area (Å²) in [4.78, 5) is 17.7. The summed E-state index contributed by atoms with van der Waals surface area (Å²) < 4.78 is 13.7. The zero-order valence-electron chi connectivity index (χ0n) is 17.4. The monoisotopic (exact) mass is 407 g/mol. The minimum atomic E-state index is -0.145. The highest BCUT2D eigenvalue weighted by atomic mass is 19.1. The van der Waals surface area contributed by atoms with Crippen LogP contribution in [0.2, 0.25) is 0 Å². The van der Waals surface area contributed by atoms with Crippen molar-refractivity contribution in [1.82, 2.24) is 15.1 Å². The smallest absolute Gasteiger partial charge is 0.317 e. The zero-order valence-corrected chi connectivity index (χ0v) is 17.4. The van der Waals surface area contributed by atoms with Crippen molar-refractivity contribution >= 4 is 6.03 Å². The first-order valence-corrected chi connectivity index (χ1v) is 11.3. The van der Waals surface area contributed by atoms with Gasteiger partial charge in [0, 0.05) is 38.3 Å². The number of nitrogens with zero attached hydrogens (tertiary/aromatic N) is 2. The van der Waals surface area contributed by atoms with Gasteiger partial charge in [0.05, 0.1) is 0 Å². The first-order chi connectivity index (χ1) is 14.7. The average Bonchev–Trinajstić information content (AvgIpc) is 2.77. The minimum absolute atomic E-state index is 0.0734. The molecule has 2 aromatic rings. The van der Waals surface area contributed by atoms with Crippen LogP contribution < -0.4 is 5.32 Å². The van der Waals surface area contributed by atoms with Crippen LogP contribution >= 0.6 is 0 Å². The molecule has 0 bridgehead atoms. The zero-order chi connectivity index (χ0) is 20.5. The lowest BCUT2D eigenvalue weighted by Gasteiger charge is -2.52. The molecule has 158 valence electrons. The third-order valence-electron chi connectivity index (χ3n) is 7.22. The van der Waals surface area contributed by atoms with E-state index in [4.69, 9.17) is 0 Å². The number of urea groups is 1. The van der Waals surface area contributed by atoms with Gasteiger partial charge in [0.2, 0.25) is 0 Å². The van der Waals surface area contributed by atoms with Crippen molar-refractivity contribution in [2.75, 3.05) is 26.2 Å². The molecule has 3 aliphatic rings. The summed E-state index contributed by atoms with van der Waals surface area (Å²) in [6.07, 6.45) is 5.00. The average molecular weight is 408 g/mol. The van der Waals surface area contributed by atoms with Gasteiger partial charge < -0.3 is 10.2 Å². The summed E-state index contributed by atoms with van der Waals surface area (Å²) in [5, 5.41) is 3.16. The summed E-state index contributed by atoms with van der Waals surface area (Å²) in [6, 6.07) is 16.2. The third kappa shape index (κ3) is 3.83. The summed E-state index contributed by atoms with van der Waals surface area (Å²) >= 11 is 0. The molecule has 3 aliphatic heterocycles. The van der Waals surface area contributed by atoms with E-state index in [-0.39, 0.29) is 17.9 Å². The van der Waals surface area contributed by atoms with Gasteiger partial charge in [-0.15, -0.1) is 0 Å². The predicted molar refractivity (Wildman–Crippen MR) is 116 cm³/mol. The quantitative estimate of drug-likeness (QED) is 0.829. The summed E-state index contributed by atoms with van der Waals surface area (Å²) in [5.74, 6) is 0.393. The van der Waals surface area contributed by atoms with Crippen molar-refractivity contribution in [1.29, 1.82) is 0 Å². The maximum Gasteiger partial charge on any atom is 0.317 e. The van der Waals surface area contributed by atoms with Crippen LogP contribution in [0.4, 0.5) is 9.18 Å². The largest absolute Gasteiger partial charge is 0.338 e. The van der Waals surface area contributed by atoms with E-state index < -0.39 is 0 Å². The highest BCUT2D eigenvalue weighted by molar-refractivity contribution is 5.74. The Labute approximate surface area is 178 Å². The van der Waals surface area contributed by atoms with Crippen LogP contribution in [-0.2, 0) is 12.8 Å². The number of piperidine rings is 2. The number of rotatable bonds is 3. The van der Waals surface area contributed by atoms with Crippen molar-refractivity contribution in [2.45, 2.75) is 44.2 Å². The molecule has 4 nitrogen and oxygen atoms in total. The number of hydrogen-bond acceptors (Lipinski definition) is 2. The Kier molecular flexibility index (Phi) is 5.47. The van der Waals surface area contributed by atoms with Crippen molar-refractivity contribution in [3.8, 4) is 0 Å². The molecule has 5 heteroatoms. The normalized spacial score (nSPS) is 25.8. The van der Waals surface area contributed by atoms with E-state index in [0.717, 1.165) is 50.9 Å². The maximum atomic E-state index is 13.7. The van der Waals surface area contributed by atoms with Gasteiger partial charge in [-0.3, -0.25) is 4.90 Å². The SMILES string of the molecule is O=C(NCCc1ccccc1)N1CCC[C@@H]2CN3CCc4cc(F)ccc4[C@@H]3C[C@@H]21. The van der Waals surface area contributed by atoms with Crippen molar-refractivity contribution in [2.24, 2.45) is 5.92 Å². The van der Waals surface area contributed by atoms with Crippen LogP contribution in [-0.4, -0.2) is 48.1 Å².